The molecular weight excluding hydrogens is 324 g/mol. The van der Waals surface area contributed by atoms with E-state index in [0.717, 1.165) is 18.2 Å². The molecule has 2 N–H and O–H groups in total. The Hall–Kier alpha value is 0.440. The van der Waals surface area contributed by atoms with E-state index < -0.39 is 32.3 Å². The number of rotatable bonds is 4. The van der Waals surface area contributed by atoms with Gasteiger partial charge in [-0.25, -0.2) is 16.8 Å². The van der Waals surface area contributed by atoms with E-state index in [1.54, 1.807) is 0 Å². The van der Waals surface area contributed by atoms with E-state index in [1.165, 1.54) is 0 Å². The molecule has 0 fully saturated rings. The Kier molecular flexibility index (Phi) is 9.18. The van der Waals surface area contributed by atoms with Gasteiger partial charge in [-0.2, -0.15) is 0 Å². The van der Waals surface area contributed by atoms with E-state index in [1.807, 2.05) is 0 Å². The van der Waals surface area contributed by atoms with Gasteiger partial charge in [-0.1, -0.05) is 0 Å². The van der Waals surface area contributed by atoms with Crippen molar-refractivity contribution in [2.24, 2.45) is 0 Å². The third-order valence-corrected chi connectivity index (χ3v) is 2.15. The van der Waals surface area contributed by atoms with Crippen LogP contribution in [0.15, 0.2) is 18.2 Å². The zero-order valence-electron chi connectivity index (χ0n) is 9.89. The molecule has 0 aliphatic heterocycles. The first-order valence-electron chi connectivity index (χ1n) is 3.77. The van der Waals surface area contributed by atoms with E-state index >= 15 is 0 Å². The Bertz CT molecular complexity index is 629. The molecule has 0 aliphatic rings. The van der Waals surface area contributed by atoms with Crippen molar-refractivity contribution >= 4 is 26.5 Å². The summed E-state index contributed by atoms with van der Waals surface area (Å²) in [5, 5.41) is 0. The maximum absolute atomic E-state index is 10.3. The van der Waals surface area contributed by atoms with Crippen molar-refractivity contribution in [3.8, 4) is 11.5 Å². The minimum Gasteiger partial charge on any atom is -0.716 e. The summed E-state index contributed by atoms with van der Waals surface area (Å²) in [4.78, 5) is 0. The van der Waals surface area contributed by atoms with Gasteiger partial charge in [0.1, 0.15) is 5.75 Å². The van der Waals surface area contributed by atoms with Crippen molar-refractivity contribution in [2.75, 3.05) is 5.73 Å². The number of nitrogen functional groups attached to an aromatic ring is 1. The van der Waals surface area contributed by atoms with Gasteiger partial charge in [0.2, 0.25) is 0 Å². The average molecular weight is 329 g/mol. The second-order valence-corrected chi connectivity index (χ2v) is 4.65. The van der Waals surface area contributed by atoms with Crippen LogP contribution in [0.2, 0.25) is 0 Å². The van der Waals surface area contributed by atoms with Gasteiger partial charge in [0.05, 0.1) is 5.69 Å². The van der Waals surface area contributed by atoms with Crippen molar-refractivity contribution in [3.63, 3.8) is 0 Å². The summed E-state index contributed by atoms with van der Waals surface area (Å²) in [5.74, 6) is -0.941. The van der Waals surface area contributed by atoms with Gasteiger partial charge in [-0.3, -0.25) is 0 Å². The predicted molar refractivity (Wildman–Crippen MR) is 51.5 cm³/mol. The van der Waals surface area contributed by atoms with Crippen LogP contribution in [0, 0.1) is 0 Å². The number of hydrogen-bond acceptors (Lipinski definition) is 9. The monoisotopic (exact) mass is 329 g/mol. The van der Waals surface area contributed by atoms with Gasteiger partial charge in [-0.05, 0) is 12.1 Å². The molecule has 0 aliphatic carbocycles. The summed E-state index contributed by atoms with van der Waals surface area (Å²) < 4.78 is 69.3. The van der Waals surface area contributed by atoms with E-state index in [4.69, 9.17) is 5.73 Å². The first kappa shape index (κ1) is 21.7. The molecule has 0 unspecified atom stereocenters. The maximum atomic E-state index is 10.3. The second-order valence-electron chi connectivity index (χ2n) is 2.68. The number of nitrogens with two attached hydrogens (primary N) is 1. The van der Waals surface area contributed by atoms with E-state index in [9.17, 15) is 25.9 Å². The molecule has 9 nitrogen and oxygen atoms in total. The summed E-state index contributed by atoms with van der Waals surface area (Å²) >= 11 is 0. The van der Waals surface area contributed by atoms with Crippen molar-refractivity contribution in [1.82, 2.24) is 0 Å². The molecule has 0 bridgehead atoms. The van der Waals surface area contributed by atoms with Crippen LogP contribution in [-0.2, 0) is 20.8 Å². The Balaban J connectivity index is 0. The van der Waals surface area contributed by atoms with Crippen LogP contribution in [0.5, 0.6) is 11.5 Å². The molecule has 1 aromatic carbocycles. The first-order chi connectivity index (χ1) is 7.57. The third kappa shape index (κ3) is 9.07. The van der Waals surface area contributed by atoms with Crippen LogP contribution in [-0.4, -0.2) is 25.9 Å². The predicted octanol–water partition coefficient (Wildman–Crippen LogP) is -7.05. The minimum absolute atomic E-state index is 0. The first-order valence-corrected chi connectivity index (χ1v) is 6.43. The third-order valence-electron chi connectivity index (χ3n) is 1.37. The maximum Gasteiger partial charge on any atom is 1.00 e. The molecule has 0 heterocycles. The minimum atomic E-state index is -5.00. The van der Waals surface area contributed by atoms with Crippen molar-refractivity contribution in [2.45, 2.75) is 0 Å². The summed E-state index contributed by atoms with van der Waals surface area (Å²) in [6.07, 6.45) is 0. The topological polar surface area (TPSA) is 159 Å². The van der Waals surface area contributed by atoms with Gasteiger partial charge in [-0.15, -0.1) is 0 Å². The molecule has 96 valence electrons. The second kappa shape index (κ2) is 8.02. The van der Waals surface area contributed by atoms with E-state index in [2.05, 4.69) is 8.37 Å². The molecule has 0 aromatic heterocycles. The SMILES string of the molecule is Nc1cc(OS(=O)(=O)[O-])ccc1OS(=O)(=O)[O-].[Na+].[Na+]. The van der Waals surface area contributed by atoms with Crippen molar-refractivity contribution in [1.29, 1.82) is 0 Å². The molecule has 0 saturated carbocycles. The van der Waals surface area contributed by atoms with Gasteiger partial charge >= 0.3 is 59.1 Å². The molecule has 0 spiro atoms. The smallest absolute Gasteiger partial charge is 0.716 e. The zero-order valence-corrected chi connectivity index (χ0v) is 15.5. The molecule has 1 aromatic rings. The molecular formula is C6H5NNa2O8S2. The van der Waals surface area contributed by atoms with Gasteiger partial charge < -0.3 is 23.2 Å². The van der Waals surface area contributed by atoms with Crippen LogP contribution in [0.3, 0.4) is 0 Å². The zero-order chi connectivity index (χ0) is 13.3. The standard InChI is InChI=1S/C6H7NO8S2.2Na/c7-5-3-4(14-16(8,9)10)1-2-6(5)15-17(11,12)13;;/h1-3H,7H2,(H,8,9,10)(H,11,12,13);;/q;2*+1/p-2. The molecule has 0 saturated heterocycles. The van der Waals surface area contributed by atoms with Crippen LogP contribution in [0.1, 0.15) is 0 Å². The fourth-order valence-corrected chi connectivity index (χ4v) is 1.59. The number of hydrogen-bond donors (Lipinski definition) is 1. The normalized spacial score (nSPS) is 10.8. The van der Waals surface area contributed by atoms with Gasteiger partial charge in [0.15, 0.2) is 5.75 Å². The van der Waals surface area contributed by atoms with Gasteiger partial charge in [0, 0.05) is 6.07 Å². The quantitative estimate of drug-likeness (QED) is 0.245. The summed E-state index contributed by atoms with van der Waals surface area (Å²) in [6, 6.07) is 2.58. The molecule has 13 heteroatoms. The van der Waals surface area contributed by atoms with Crippen LogP contribution < -0.4 is 73.2 Å². The fourth-order valence-electron chi connectivity index (χ4n) is 0.882. The average Bonchev–Trinajstić information content (AvgIpc) is 2.05. The Morgan fingerprint density at radius 1 is 0.947 bits per heavy atom. The Labute approximate surface area is 154 Å². The Morgan fingerprint density at radius 3 is 1.79 bits per heavy atom. The molecule has 19 heavy (non-hydrogen) atoms. The fraction of sp³-hybridized carbons (Fsp3) is 0. The summed E-state index contributed by atoms with van der Waals surface area (Å²) in [6.45, 7) is 0. The summed E-state index contributed by atoms with van der Waals surface area (Å²) in [5.41, 5.74) is 4.86. The van der Waals surface area contributed by atoms with Crippen LogP contribution in [0.4, 0.5) is 5.69 Å². The summed E-state index contributed by atoms with van der Waals surface area (Å²) in [7, 11) is -9.97. The van der Waals surface area contributed by atoms with E-state index in [-0.39, 0.29) is 64.8 Å². The molecule has 1 rings (SSSR count). The van der Waals surface area contributed by atoms with E-state index in [0.29, 0.717) is 0 Å². The largest absolute Gasteiger partial charge is 1.00 e. The molecule has 0 atom stereocenters. The van der Waals surface area contributed by atoms with Crippen LogP contribution >= 0.6 is 0 Å². The van der Waals surface area contributed by atoms with Gasteiger partial charge in [0.25, 0.3) is 20.8 Å². The number of anilines is 1. The van der Waals surface area contributed by atoms with Crippen LogP contribution in [0.25, 0.3) is 0 Å². The van der Waals surface area contributed by atoms with Crippen molar-refractivity contribution < 1.29 is 93.4 Å². The number of benzene rings is 1. The molecule has 0 amide bonds. The van der Waals surface area contributed by atoms with Crippen molar-refractivity contribution in [3.05, 3.63) is 18.2 Å². The molecule has 0 radical (unpaired) electrons. The Morgan fingerprint density at radius 2 is 1.42 bits per heavy atom.